The van der Waals surface area contributed by atoms with Crippen molar-refractivity contribution in [1.82, 2.24) is 54.7 Å². The maximum Gasteiger partial charge on any atom is 0.332 e. The summed E-state index contributed by atoms with van der Waals surface area (Å²) >= 11 is 29.6. The Hall–Kier alpha value is -9.67. The molecule has 4 unspecified atom stereocenters. The highest BCUT2D eigenvalue weighted by molar-refractivity contribution is 6.31. The first-order chi connectivity index (χ1) is 64.2. The quantitative estimate of drug-likeness (QED) is 0.0121. The van der Waals surface area contributed by atoms with E-state index in [0.29, 0.717) is 64.7 Å². The molecule has 0 saturated carbocycles. The summed E-state index contributed by atoms with van der Waals surface area (Å²) in [5.41, 5.74) is 15.4. The van der Waals surface area contributed by atoms with Crippen molar-refractivity contribution in [3.63, 3.8) is 0 Å². The first kappa shape index (κ1) is 111. The number of nitrogens with one attached hydrogen (secondary N) is 2. The molecule has 32 heteroatoms. The number of amides is 5. The smallest absolute Gasteiger partial charge is 0.332 e. The number of aliphatic carboxylic acids is 1. The summed E-state index contributed by atoms with van der Waals surface area (Å²) in [4.78, 5) is 108. The number of imide groups is 2. The SMILES string of the molecule is C.C.CCOC(=O)COCCCl.CCOC(=O)COCCN1CCN(C(c2ccccc2)c2ccc(Cl)cc2)CC1.Clc1ccc(C(c2ccccc2)N2CCNCC2)cc1.NCCN1C(=O)C=CC1=O.O=C(COCCN1CCN(C(c2ccccc2)c2ccc(Cl)cc2)CC1)NCCN1C(=O)C=CC1=O.O=C(O)COCCN1CCN(C(c2ccccc2)c2ccc(Cl)cc2)CC1. The maximum atomic E-state index is 12.0. The Morgan fingerprint density at radius 3 is 0.918 bits per heavy atom. The van der Waals surface area contributed by atoms with Crippen LogP contribution in [-0.4, -0.2) is 319 Å². The number of esters is 2. The Labute approximate surface area is 815 Å². The summed E-state index contributed by atoms with van der Waals surface area (Å²) in [7, 11) is 0. The molecular formula is C102H131Cl5N12O15. The number of carboxylic acids is 1. The second-order valence-electron chi connectivity index (χ2n) is 31.2. The fourth-order valence-electron chi connectivity index (χ4n) is 15.7. The van der Waals surface area contributed by atoms with Crippen molar-refractivity contribution in [2.75, 3.05) is 222 Å². The Balaban J connectivity index is 0.000000229. The van der Waals surface area contributed by atoms with Gasteiger partial charge in [0.2, 0.25) is 5.91 Å². The van der Waals surface area contributed by atoms with Gasteiger partial charge in [0.25, 0.3) is 23.6 Å². The summed E-state index contributed by atoms with van der Waals surface area (Å²) in [6, 6.07) is 75.9. The molecule has 0 aromatic heterocycles. The average molecular weight is 1940 g/mol. The molecule has 8 aromatic carbocycles. The van der Waals surface area contributed by atoms with E-state index in [9.17, 15) is 38.4 Å². The number of nitrogens with two attached hydrogens (primary N) is 1. The third-order valence-corrected chi connectivity index (χ3v) is 23.4. The Bertz CT molecular complexity index is 4760. The van der Waals surface area contributed by atoms with Gasteiger partial charge in [0, 0.05) is 201 Å². The van der Waals surface area contributed by atoms with Gasteiger partial charge in [0.1, 0.15) is 26.4 Å². The lowest BCUT2D eigenvalue weighted by Crippen LogP contribution is -2.48. The number of rotatable bonds is 38. The molecule has 5 N–H and O–H groups in total. The Morgan fingerprint density at radius 1 is 0.366 bits per heavy atom. The monoisotopic (exact) mass is 1940 g/mol. The first-order valence-corrected chi connectivity index (χ1v) is 46.8. The van der Waals surface area contributed by atoms with Gasteiger partial charge in [-0.15, -0.1) is 11.6 Å². The minimum Gasteiger partial charge on any atom is -0.480 e. The number of hydrogen-bond donors (Lipinski definition) is 4. The highest BCUT2D eigenvalue weighted by Gasteiger charge is 2.32. The molecule has 6 aliphatic rings. The van der Waals surface area contributed by atoms with Crippen LogP contribution in [-0.2, 0) is 66.8 Å². The lowest BCUT2D eigenvalue weighted by atomic mass is 9.96. The van der Waals surface area contributed by atoms with Crippen LogP contribution >= 0.6 is 58.0 Å². The topological polar surface area (TPSA) is 291 Å². The predicted molar refractivity (Wildman–Crippen MR) is 530 cm³/mol. The van der Waals surface area contributed by atoms with Crippen molar-refractivity contribution in [2.24, 2.45) is 5.73 Å². The molecule has 4 fully saturated rings. The van der Waals surface area contributed by atoms with Gasteiger partial charge in [0.15, 0.2) is 0 Å². The molecule has 724 valence electrons. The average Bonchev–Trinajstić information content (AvgIpc) is 1.00. The van der Waals surface area contributed by atoms with Gasteiger partial charge in [0.05, 0.1) is 63.8 Å². The van der Waals surface area contributed by atoms with Crippen molar-refractivity contribution >= 4 is 105 Å². The summed E-state index contributed by atoms with van der Waals surface area (Å²) in [5, 5.41) is 17.8. The molecule has 27 nitrogen and oxygen atoms in total. The zero-order chi connectivity index (χ0) is 94.0. The van der Waals surface area contributed by atoms with Crippen molar-refractivity contribution in [3.05, 3.63) is 307 Å². The van der Waals surface area contributed by atoms with Crippen LogP contribution in [0.1, 0.15) is 97.4 Å². The molecule has 134 heavy (non-hydrogen) atoms. The highest BCUT2D eigenvalue weighted by Crippen LogP contribution is 2.35. The molecule has 0 radical (unpaired) electrons. The van der Waals surface area contributed by atoms with Crippen molar-refractivity contribution in [2.45, 2.75) is 52.9 Å². The molecule has 5 amide bonds. The van der Waals surface area contributed by atoms with Crippen LogP contribution in [0.5, 0.6) is 0 Å². The van der Waals surface area contributed by atoms with Crippen LogP contribution < -0.4 is 16.4 Å². The van der Waals surface area contributed by atoms with E-state index >= 15 is 0 Å². The van der Waals surface area contributed by atoms with Gasteiger partial charge in [-0.05, 0) is 107 Å². The zero-order valence-corrected chi connectivity index (χ0v) is 78.9. The number of carbonyl (C=O) groups excluding carboxylic acids is 7. The molecule has 4 saturated heterocycles. The van der Waals surface area contributed by atoms with Crippen molar-refractivity contribution < 1.29 is 71.9 Å². The first-order valence-electron chi connectivity index (χ1n) is 44.7. The molecule has 6 aliphatic heterocycles. The van der Waals surface area contributed by atoms with Crippen molar-refractivity contribution in [3.8, 4) is 0 Å². The van der Waals surface area contributed by atoms with E-state index in [4.69, 9.17) is 92.5 Å². The minimum atomic E-state index is -0.923. The van der Waals surface area contributed by atoms with Crippen molar-refractivity contribution in [1.29, 1.82) is 0 Å². The number of carbonyl (C=O) groups is 8. The highest BCUT2D eigenvalue weighted by atomic mass is 35.5. The minimum absolute atomic E-state index is 0. The summed E-state index contributed by atoms with van der Waals surface area (Å²) in [6.07, 6.45) is 4.95. The van der Waals surface area contributed by atoms with E-state index in [2.05, 4.69) is 207 Å². The van der Waals surface area contributed by atoms with Crippen LogP contribution in [0.4, 0.5) is 0 Å². The predicted octanol–water partition coefficient (Wildman–Crippen LogP) is 13.2. The van der Waals surface area contributed by atoms with E-state index in [0.717, 1.165) is 154 Å². The fraction of sp³-hybridized carbons (Fsp3) is 0.412. The molecule has 0 aliphatic carbocycles. The molecule has 0 bridgehead atoms. The molecule has 0 spiro atoms. The molecule has 8 aromatic rings. The summed E-state index contributed by atoms with van der Waals surface area (Å²) in [6.45, 7) is 24.8. The number of halogens is 5. The second-order valence-corrected chi connectivity index (χ2v) is 33.4. The molecule has 14 rings (SSSR count). The van der Waals surface area contributed by atoms with Crippen LogP contribution in [0.2, 0.25) is 20.1 Å². The van der Waals surface area contributed by atoms with E-state index in [1.165, 1.54) is 68.8 Å². The zero-order valence-electron chi connectivity index (χ0n) is 75.1. The van der Waals surface area contributed by atoms with E-state index in [1.54, 1.807) is 13.8 Å². The lowest BCUT2D eigenvalue weighted by Gasteiger charge is -2.39. The lowest BCUT2D eigenvalue weighted by molar-refractivity contribution is -0.149. The maximum absolute atomic E-state index is 12.0. The summed E-state index contributed by atoms with van der Waals surface area (Å²) < 4.78 is 30.4. The third kappa shape index (κ3) is 38.8. The van der Waals surface area contributed by atoms with Gasteiger partial charge in [-0.3, -0.25) is 68.1 Å². The van der Waals surface area contributed by atoms with E-state index < -0.39 is 5.97 Å². The molecule has 6 heterocycles. The second kappa shape index (κ2) is 62.9. The number of alkyl halides is 1. The number of ether oxygens (including phenoxy) is 6. The molecular weight excluding hydrogens is 1810 g/mol. The van der Waals surface area contributed by atoms with E-state index in [1.807, 2.05) is 60.7 Å². The van der Waals surface area contributed by atoms with Crippen LogP contribution in [0.25, 0.3) is 0 Å². The number of hydrogen-bond acceptors (Lipinski definition) is 23. The van der Waals surface area contributed by atoms with Gasteiger partial charge in [-0.25, -0.2) is 14.4 Å². The van der Waals surface area contributed by atoms with Gasteiger partial charge in [-0.1, -0.05) is 231 Å². The van der Waals surface area contributed by atoms with Gasteiger partial charge >= 0.3 is 17.9 Å². The molecule has 4 atom stereocenters. The van der Waals surface area contributed by atoms with Gasteiger partial charge in [-0.2, -0.15) is 0 Å². The largest absolute Gasteiger partial charge is 0.480 e. The number of nitrogens with zero attached hydrogens (tertiary/aromatic N) is 9. The number of piperazine rings is 4. The third-order valence-electron chi connectivity index (χ3n) is 22.2. The van der Waals surface area contributed by atoms with Crippen LogP contribution in [0, 0.1) is 0 Å². The Kier molecular flexibility index (Phi) is 52.2. The normalized spacial score (nSPS) is 16.3. The standard InChI is InChI=1S/C27H31ClN4O4.C23H29ClN2O3.C21H25ClN2O3.C17H19ClN2.C6H11ClO3.C6H8N2O2.2CH4/c28-23-8-6-22(7-9-23)27(21-4-2-1-3-5-21)31-16-14-30(15-17-31)18-19-36-20-24(33)29-12-13-32-25(34)10-11-26(32)35;1-2-29-22(27)18-28-17-16-25-12-14-26(15-13-25)23(19-6-4-3-5-7-19)20-8-10-21(24)11-9-20;22-19-8-6-18(7-9-19)21(17-4-2-1-3-5-17)24-12-10-23(11-13-24)14-15-27-16-20(25)26;18-16-8-6-15(7-9-16)17(14-4-2-1-3-5-14)20-12-10-19-11-13-20;1-2-10-6(8)5-9-4-3-7;7-3-4-8-5(9)1-2-6(8)10;;/h1-11,27H,12-20H2,(H,29,33);3-11,23H,2,12-18H2,1H3;1-9,21H,10-16H2,(H,25,26);1-9,17,19H,10-13H2;2-5H2,1H3;1-2H,3-4,7H2;2*1H4. The number of carboxylic acid groups (broad SMARTS) is 1. The van der Waals surface area contributed by atoms with E-state index in [-0.39, 0.29) is 114 Å². The fourth-order valence-corrected chi connectivity index (χ4v) is 16.3. The summed E-state index contributed by atoms with van der Waals surface area (Å²) in [5.74, 6) is -2.67. The number of benzene rings is 8. The van der Waals surface area contributed by atoms with Gasteiger partial charge < -0.3 is 49.9 Å². The Morgan fingerprint density at radius 2 is 0.634 bits per heavy atom. The van der Waals surface area contributed by atoms with Crippen LogP contribution in [0.15, 0.2) is 243 Å². The van der Waals surface area contributed by atoms with Crippen LogP contribution in [0.3, 0.4) is 0 Å².